The Balaban J connectivity index is 1.40. The highest BCUT2D eigenvalue weighted by Gasteiger charge is 2.74. The molecule has 0 saturated heterocycles. The third-order valence-electron chi connectivity index (χ3n) is 8.69. The maximum absolute atomic E-state index is 13.8. The number of aliphatic hydroxyl groups is 1. The molecule has 2 aliphatic heterocycles. The van der Waals surface area contributed by atoms with Crippen molar-refractivity contribution in [2.75, 3.05) is 18.1 Å². The molecule has 1 fully saturated rings. The van der Waals surface area contributed by atoms with Gasteiger partial charge in [0.1, 0.15) is 0 Å². The molecule has 0 bridgehead atoms. The quantitative estimate of drug-likeness (QED) is 0.316. The van der Waals surface area contributed by atoms with Crippen molar-refractivity contribution >= 4 is 34.5 Å². The van der Waals surface area contributed by atoms with Crippen molar-refractivity contribution in [3.63, 3.8) is 0 Å². The lowest BCUT2D eigenvalue weighted by molar-refractivity contribution is -0.338. The van der Waals surface area contributed by atoms with Gasteiger partial charge in [0, 0.05) is 25.9 Å². The SMILES string of the molecule is O=C(CCC1CCCC1)N1CC=C(c2cccc(C3CC(C(O)(C(F)(F)F)C(F)(F)F)=NN3c3ccccc3Cl)c2)CC1. The molecule has 1 aliphatic carbocycles. The summed E-state index contributed by atoms with van der Waals surface area (Å²) in [6, 6.07) is 11.7. The molecule has 43 heavy (non-hydrogen) atoms. The van der Waals surface area contributed by atoms with Crippen LogP contribution in [-0.2, 0) is 4.79 Å². The third-order valence-corrected chi connectivity index (χ3v) is 9.01. The van der Waals surface area contributed by atoms with Gasteiger partial charge in [-0.2, -0.15) is 31.4 Å². The molecule has 5 nitrogen and oxygen atoms in total. The topological polar surface area (TPSA) is 56.1 Å². The number of hydrazone groups is 1. The highest BCUT2D eigenvalue weighted by atomic mass is 35.5. The Bertz CT molecular complexity index is 1390. The molecule has 2 aromatic carbocycles. The van der Waals surface area contributed by atoms with Crippen LogP contribution in [0.15, 0.2) is 59.7 Å². The number of benzene rings is 2. The number of nitrogens with zero attached hydrogens (tertiary/aromatic N) is 3. The number of rotatable bonds is 7. The predicted octanol–water partition coefficient (Wildman–Crippen LogP) is 8.09. The molecule has 2 heterocycles. The summed E-state index contributed by atoms with van der Waals surface area (Å²) in [5.41, 5.74) is -4.43. The van der Waals surface area contributed by atoms with Gasteiger partial charge in [-0.15, -0.1) is 0 Å². The molecule has 0 aromatic heterocycles. The normalized spacial score (nSPS) is 20.4. The van der Waals surface area contributed by atoms with Gasteiger partial charge < -0.3 is 10.0 Å². The van der Waals surface area contributed by atoms with E-state index in [1.54, 1.807) is 24.3 Å². The smallest absolute Gasteiger partial charge is 0.369 e. The lowest BCUT2D eigenvalue weighted by atomic mass is 9.88. The van der Waals surface area contributed by atoms with E-state index in [0.717, 1.165) is 22.6 Å². The zero-order valence-corrected chi connectivity index (χ0v) is 24.0. The maximum Gasteiger partial charge on any atom is 0.431 e. The molecular weight excluding hydrogens is 596 g/mol. The van der Waals surface area contributed by atoms with Crippen LogP contribution in [-0.4, -0.2) is 52.7 Å². The summed E-state index contributed by atoms with van der Waals surface area (Å²) >= 11 is 6.29. The fourth-order valence-corrected chi connectivity index (χ4v) is 6.45. The van der Waals surface area contributed by atoms with Gasteiger partial charge in [0.2, 0.25) is 5.91 Å². The first kappa shape index (κ1) is 31.4. The van der Waals surface area contributed by atoms with E-state index in [9.17, 15) is 36.2 Å². The second-order valence-electron chi connectivity index (χ2n) is 11.4. The minimum absolute atomic E-state index is 0.0730. The standard InChI is InChI=1S/C31H32ClF6N3O2/c32-24-10-3-4-11-25(24)41-26(19-27(39-41)29(43,30(33,34)35)31(36,37)38)23-9-5-8-22(18-23)21-14-16-40(17-15-21)28(42)13-12-20-6-1-2-7-20/h3-5,8-11,14,18,20,26,43H,1-2,6-7,12-13,15-17,19H2. The van der Waals surface area contributed by atoms with Crippen LogP contribution in [0.5, 0.6) is 0 Å². The van der Waals surface area contributed by atoms with E-state index in [1.165, 1.54) is 43.9 Å². The average molecular weight is 628 g/mol. The van der Waals surface area contributed by atoms with Gasteiger partial charge in [-0.05, 0) is 53.7 Å². The largest absolute Gasteiger partial charge is 0.431 e. The molecule has 1 saturated carbocycles. The second-order valence-corrected chi connectivity index (χ2v) is 11.8. The number of amides is 1. The van der Waals surface area contributed by atoms with Crippen LogP contribution < -0.4 is 5.01 Å². The molecule has 3 aliphatic rings. The lowest BCUT2D eigenvalue weighted by Gasteiger charge is -2.32. The van der Waals surface area contributed by atoms with Crippen LogP contribution in [0.1, 0.15) is 68.5 Å². The monoisotopic (exact) mass is 627 g/mol. The van der Waals surface area contributed by atoms with Crippen molar-refractivity contribution < 1.29 is 36.2 Å². The van der Waals surface area contributed by atoms with Crippen LogP contribution in [0.25, 0.3) is 5.57 Å². The highest BCUT2D eigenvalue weighted by Crippen LogP contribution is 2.49. The summed E-state index contributed by atoms with van der Waals surface area (Å²) < 4.78 is 82.7. The Morgan fingerprint density at radius 1 is 1.00 bits per heavy atom. The minimum atomic E-state index is -6.06. The number of carbonyl (C=O) groups excluding carboxylic acids is 1. The summed E-state index contributed by atoms with van der Waals surface area (Å²) in [6.45, 7) is 0.946. The number of carbonyl (C=O) groups is 1. The average Bonchev–Trinajstić information content (AvgIpc) is 3.65. The zero-order valence-electron chi connectivity index (χ0n) is 23.3. The van der Waals surface area contributed by atoms with Gasteiger partial charge in [-0.25, -0.2) is 0 Å². The Labute approximate surface area is 250 Å². The molecule has 1 amide bonds. The van der Waals surface area contributed by atoms with E-state index in [4.69, 9.17) is 11.6 Å². The number of hydrogen-bond acceptors (Lipinski definition) is 4. The fraction of sp³-hybridized carbons (Fsp3) is 0.484. The van der Waals surface area contributed by atoms with E-state index in [-0.39, 0.29) is 16.6 Å². The highest BCUT2D eigenvalue weighted by molar-refractivity contribution is 6.33. The lowest BCUT2D eigenvalue weighted by Crippen LogP contribution is -2.62. The first-order valence-electron chi connectivity index (χ1n) is 14.3. The van der Waals surface area contributed by atoms with Crippen molar-refractivity contribution in [2.24, 2.45) is 11.0 Å². The van der Waals surface area contributed by atoms with Crippen LogP contribution in [0.3, 0.4) is 0 Å². The Kier molecular flexibility index (Phi) is 8.87. The summed E-state index contributed by atoms with van der Waals surface area (Å²) in [7, 11) is 0. The van der Waals surface area contributed by atoms with E-state index in [2.05, 4.69) is 5.10 Å². The van der Waals surface area contributed by atoms with Crippen LogP contribution in [0.2, 0.25) is 5.02 Å². The van der Waals surface area contributed by atoms with Crippen molar-refractivity contribution in [1.82, 2.24) is 4.90 Å². The van der Waals surface area contributed by atoms with Gasteiger partial charge in [-0.3, -0.25) is 9.80 Å². The molecule has 232 valence electrons. The van der Waals surface area contributed by atoms with E-state index < -0.39 is 36.1 Å². The first-order chi connectivity index (χ1) is 20.3. The molecule has 0 radical (unpaired) electrons. The summed E-state index contributed by atoms with van der Waals surface area (Å²) in [5.74, 6) is 0.736. The van der Waals surface area contributed by atoms with Gasteiger partial charge in [0.25, 0.3) is 5.60 Å². The number of para-hydroxylation sites is 1. The maximum atomic E-state index is 13.8. The van der Waals surface area contributed by atoms with Crippen molar-refractivity contribution in [3.8, 4) is 0 Å². The molecule has 1 atom stereocenters. The molecule has 12 heteroatoms. The summed E-state index contributed by atoms with van der Waals surface area (Å²) in [6.07, 6.45) is -4.22. The third kappa shape index (κ3) is 6.29. The summed E-state index contributed by atoms with van der Waals surface area (Å²) in [5, 5.41) is 14.9. The first-order valence-corrected chi connectivity index (χ1v) is 14.7. The van der Waals surface area contributed by atoms with Crippen molar-refractivity contribution in [3.05, 3.63) is 70.8 Å². The van der Waals surface area contributed by atoms with Crippen molar-refractivity contribution in [1.29, 1.82) is 0 Å². The van der Waals surface area contributed by atoms with Crippen LogP contribution in [0.4, 0.5) is 32.0 Å². The number of hydrogen-bond donors (Lipinski definition) is 1. The molecule has 1 unspecified atom stereocenters. The van der Waals surface area contributed by atoms with Crippen molar-refractivity contribution in [2.45, 2.75) is 75.4 Å². The molecule has 5 rings (SSSR count). The Morgan fingerprint density at radius 3 is 2.33 bits per heavy atom. The summed E-state index contributed by atoms with van der Waals surface area (Å²) in [4.78, 5) is 14.6. The van der Waals surface area contributed by atoms with Gasteiger partial charge >= 0.3 is 12.4 Å². The molecular formula is C31H32ClF6N3O2. The minimum Gasteiger partial charge on any atom is -0.369 e. The predicted molar refractivity (Wildman–Crippen MR) is 153 cm³/mol. The number of alkyl halides is 6. The van der Waals surface area contributed by atoms with E-state index >= 15 is 0 Å². The zero-order chi connectivity index (χ0) is 31.0. The Hall–Kier alpha value is -3.05. The van der Waals surface area contributed by atoms with Gasteiger partial charge in [0.15, 0.2) is 0 Å². The molecule has 2 aromatic rings. The fourth-order valence-electron chi connectivity index (χ4n) is 6.22. The van der Waals surface area contributed by atoms with Crippen LogP contribution >= 0.6 is 11.6 Å². The molecule has 1 N–H and O–H groups in total. The second kappa shape index (κ2) is 12.1. The number of anilines is 1. The van der Waals surface area contributed by atoms with Gasteiger partial charge in [-0.1, -0.05) is 73.7 Å². The van der Waals surface area contributed by atoms with Gasteiger partial charge in [0.05, 0.1) is 22.5 Å². The Morgan fingerprint density at radius 2 is 1.70 bits per heavy atom. The van der Waals surface area contributed by atoms with E-state index in [0.29, 0.717) is 37.4 Å². The van der Waals surface area contributed by atoms with E-state index in [1.807, 2.05) is 17.0 Å². The molecule has 0 spiro atoms. The number of halogens is 7. The van der Waals surface area contributed by atoms with Crippen LogP contribution in [0, 0.1) is 5.92 Å².